The maximum Gasteiger partial charge on any atom is 0.246 e. The van der Waals surface area contributed by atoms with Crippen LogP contribution in [0.4, 0.5) is 4.39 Å². The van der Waals surface area contributed by atoms with E-state index in [0.29, 0.717) is 18.6 Å². The molecule has 2 aromatic rings. The number of nitrogens with zero attached hydrogens (tertiary/aromatic N) is 3. The van der Waals surface area contributed by atoms with Crippen molar-refractivity contribution in [2.24, 2.45) is 7.05 Å². The van der Waals surface area contributed by atoms with Crippen molar-refractivity contribution in [3.05, 3.63) is 54.1 Å². The first-order valence-electron chi connectivity index (χ1n) is 8.98. The zero-order valence-corrected chi connectivity index (χ0v) is 15.5. The van der Waals surface area contributed by atoms with Crippen LogP contribution in [0.1, 0.15) is 24.8 Å². The van der Waals surface area contributed by atoms with E-state index in [9.17, 15) is 14.3 Å². The fourth-order valence-corrected chi connectivity index (χ4v) is 3.36. The number of rotatable bonds is 5. The Bertz CT molecular complexity index is 820. The number of aliphatic hydroxyl groups excluding tert-OH is 1. The number of aryl methyl sites for hydroxylation is 1. The third-order valence-electron chi connectivity index (χ3n) is 4.84. The van der Waals surface area contributed by atoms with Gasteiger partial charge in [-0.25, -0.2) is 4.39 Å². The van der Waals surface area contributed by atoms with Gasteiger partial charge in [0.1, 0.15) is 23.8 Å². The van der Waals surface area contributed by atoms with Crippen LogP contribution in [0, 0.1) is 5.82 Å². The largest absolute Gasteiger partial charge is 0.488 e. The molecule has 1 fully saturated rings. The average Bonchev–Trinajstić information content (AvgIpc) is 3.06. The summed E-state index contributed by atoms with van der Waals surface area (Å²) in [7, 11) is 3.48. The second-order valence-electron chi connectivity index (χ2n) is 6.83. The van der Waals surface area contributed by atoms with Gasteiger partial charge >= 0.3 is 0 Å². The average molecular weight is 373 g/mol. The van der Waals surface area contributed by atoms with Crippen LogP contribution in [0.25, 0.3) is 6.08 Å². The van der Waals surface area contributed by atoms with E-state index >= 15 is 0 Å². The molecule has 27 heavy (non-hydrogen) atoms. The molecule has 1 heterocycles. The molecule has 6 nitrogen and oxygen atoms in total. The van der Waals surface area contributed by atoms with E-state index in [4.69, 9.17) is 4.74 Å². The summed E-state index contributed by atoms with van der Waals surface area (Å²) < 4.78 is 20.8. The highest BCUT2D eigenvalue weighted by Crippen LogP contribution is 2.27. The van der Waals surface area contributed by atoms with Gasteiger partial charge in [-0.3, -0.25) is 9.48 Å². The van der Waals surface area contributed by atoms with Crippen LogP contribution in [0.3, 0.4) is 0 Å². The Morgan fingerprint density at radius 2 is 2.26 bits per heavy atom. The van der Waals surface area contributed by atoms with E-state index in [1.807, 2.05) is 13.2 Å². The molecule has 0 aliphatic heterocycles. The van der Waals surface area contributed by atoms with Gasteiger partial charge in [-0.15, -0.1) is 0 Å². The predicted molar refractivity (Wildman–Crippen MR) is 99.5 cm³/mol. The molecule has 1 aromatic heterocycles. The number of likely N-dealkylation sites (N-methyl/N-ethyl adjacent to an activating group) is 1. The molecule has 0 unspecified atom stereocenters. The van der Waals surface area contributed by atoms with Crippen LogP contribution in [-0.4, -0.2) is 51.0 Å². The van der Waals surface area contributed by atoms with Crippen LogP contribution in [0.15, 0.2) is 42.7 Å². The second-order valence-corrected chi connectivity index (χ2v) is 6.83. The molecule has 7 heteroatoms. The van der Waals surface area contributed by atoms with Crippen molar-refractivity contribution in [3.8, 4) is 5.75 Å². The predicted octanol–water partition coefficient (Wildman–Crippen LogP) is 2.39. The molecule has 1 saturated carbocycles. The summed E-state index contributed by atoms with van der Waals surface area (Å²) in [4.78, 5) is 14.0. The van der Waals surface area contributed by atoms with E-state index in [2.05, 4.69) is 5.10 Å². The Morgan fingerprint density at radius 3 is 2.96 bits per heavy atom. The number of carbonyl (C=O) groups excluding carboxylic acids is 1. The van der Waals surface area contributed by atoms with Crippen LogP contribution in [0.5, 0.6) is 5.75 Å². The van der Waals surface area contributed by atoms with E-state index < -0.39 is 12.2 Å². The Labute approximate surface area is 157 Å². The van der Waals surface area contributed by atoms with E-state index in [0.717, 1.165) is 12.0 Å². The number of hydrogen-bond acceptors (Lipinski definition) is 4. The van der Waals surface area contributed by atoms with Gasteiger partial charge in [0.25, 0.3) is 0 Å². The van der Waals surface area contributed by atoms with E-state index in [-0.39, 0.29) is 17.8 Å². The molecule has 1 aliphatic rings. The van der Waals surface area contributed by atoms with Gasteiger partial charge in [0.15, 0.2) is 0 Å². The first kappa shape index (κ1) is 19.1. The maximum absolute atomic E-state index is 13.3. The molecular weight excluding hydrogens is 349 g/mol. The molecule has 3 rings (SSSR count). The van der Waals surface area contributed by atoms with Crippen molar-refractivity contribution in [2.75, 3.05) is 7.05 Å². The number of aliphatic hydroxyl groups is 1. The lowest BCUT2D eigenvalue weighted by atomic mass is 9.89. The van der Waals surface area contributed by atoms with E-state index in [1.54, 1.807) is 41.0 Å². The molecule has 1 amide bonds. The molecule has 1 aromatic carbocycles. The van der Waals surface area contributed by atoms with Gasteiger partial charge in [0.05, 0.1) is 12.2 Å². The van der Waals surface area contributed by atoms with Gasteiger partial charge < -0.3 is 14.7 Å². The molecule has 1 N–H and O–H groups in total. The van der Waals surface area contributed by atoms with Crippen molar-refractivity contribution in [3.63, 3.8) is 0 Å². The first-order chi connectivity index (χ1) is 12.9. The highest BCUT2D eigenvalue weighted by Gasteiger charge is 2.36. The number of benzene rings is 1. The van der Waals surface area contributed by atoms with Gasteiger partial charge in [-0.05, 0) is 37.5 Å². The molecule has 0 bridgehead atoms. The molecular formula is C20H24FN3O3. The third kappa shape index (κ3) is 4.74. The first-order valence-corrected chi connectivity index (χ1v) is 8.98. The topological polar surface area (TPSA) is 67.6 Å². The summed E-state index contributed by atoms with van der Waals surface area (Å²) >= 11 is 0. The van der Waals surface area contributed by atoms with Crippen molar-refractivity contribution >= 4 is 12.0 Å². The highest BCUT2D eigenvalue weighted by molar-refractivity contribution is 5.91. The Hall–Kier alpha value is -2.67. The second kappa shape index (κ2) is 8.35. The quantitative estimate of drug-likeness (QED) is 0.818. The van der Waals surface area contributed by atoms with Crippen LogP contribution < -0.4 is 4.74 Å². The molecule has 1 aliphatic carbocycles. The lowest BCUT2D eigenvalue weighted by molar-refractivity contribution is -0.132. The zero-order chi connectivity index (χ0) is 19.4. The molecule has 0 spiro atoms. The van der Waals surface area contributed by atoms with E-state index in [1.165, 1.54) is 18.2 Å². The third-order valence-corrected chi connectivity index (χ3v) is 4.84. The lowest BCUT2D eigenvalue weighted by Gasteiger charge is -2.39. The van der Waals surface area contributed by atoms with Crippen molar-refractivity contribution in [2.45, 2.75) is 37.5 Å². The van der Waals surface area contributed by atoms with Gasteiger partial charge in [-0.2, -0.15) is 5.10 Å². The Balaban J connectivity index is 1.64. The number of aromatic nitrogens is 2. The molecule has 0 saturated heterocycles. The number of hydrogen-bond donors (Lipinski definition) is 1. The SMILES string of the molecule is CN(C(=O)/C=C/c1cnn(C)c1)[C@@H]1CCC[C@@H](Oc2cccc(F)c2)[C@@H]1O. The lowest BCUT2D eigenvalue weighted by Crippen LogP contribution is -2.53. The molecule has 3 atom stereocenters. The summed E-state index contributed by atoms with van der Waals surface area (Å²) in [5.74, 6) is -0.207. The number of halogens is 1. The summed E-state index contributed by atoms with van der Waals surface area (Å²) in [5.41, 5.74) is 0.829. The maximum atomic E-state index is 13.3. The van der Waals surface area contributed by atoms with Crippen molar-refractivity contribution in [1.29, 1.82) is 0 Å². The standard InChI is InChI=1S/C20H24FN3O3/c1-23-13-14(12-22-23)9-10-19(25)24(2)17-7-4-8-18(20(17)26)27-16-6-3-5-15(21)11-16/h3,5-6,9-13,17-18,20,26H,4,7-8H2,1-2H3/b10-9+/t17-,18-,20-/m1/s1. The smallest absolute Gasteiger partial charge is 0.246 e. The van der Waals surface area contributed by atoms with Gasteiger partial charge in [0.2, 0.25) is 5.91 Å². The van der Waals surface area contributed by atoms with Crippen molar-refractivity contribution < 1.29 is 19.0 Å². The zero-order valence-electron chi connectivity index (χ0n) is 15.5. The van der Waals surface area contributed by atoms with Crippen LogP contribution in [0.2, 0.25) is 0 Å². The number of amides is 1. The molecule has 144 valence electrons. The minimum atomic E-state index is -0.845. The van der Waals surface area contributed by atoms with Gasteiger partial charge in [0, 0.05) is 38.0 Å². The fourth-order valence-electron chi connectivity index (χ4n) is 3.36. The molecule has 0 radical (unpaired) electrons. The highest BCUT2D eigenvalue weighted by atomic mass is 19.1. The fraction of sp³-hybridized carbons (Fsp3) is 0.400. The monoisotopic (exact) mass is 373 g/mol. The number of carbonyl (C=O) groups is 1. The Morgan fingerprint density at radius 1 is 1.44 bits per heavy atom. The van der Waals surface area contributed by atoms with Crippen molar-refractivity contribution in [1.82, 2.24) is 14.7 Å². The number of ether oxygens (including phenoxy) is 1. The minimum absolute atomic E-state index is 0.200. The summed E-state index contributed by atoms with van der Waals surface area (Å²) in [6.45, 7) is 0. The Kier molecular flexibility index (Phi) is 5.91. The summed E-state index contributed by atoms with van der Waals surface area (Å²) in [5, 5.41) is 14.8. The normalized spacial score (nSPS) is 22.7. The summed E-state index contributed by atoms with van der Waals surface area (Å²) in [6, 6.07) is 5.50. The van der Waals surface area contributed by atoms with Crippen LogP contribution in [-0.2, 0) is 11.8 Å². The van der Waals surface area contributed by atoms with Crippen LogP contribution >= 0.6 is 0 Å². The summed E-state index contributed by atoms with van der Waals surface area (Å²) in [6.07, 6.45) is 7.47. The van der Waals surface area contributed by atoms with Gasteiger partial charge in [-0.1, -0.05) is 6.07 Å². The minimum Gasteiger partial charge on any atom is -0.488 e.